The summed E-state index contributed by atoms with van der Waals surface area (Å²) >= 11 is 0. The summed E-state index contributed by atoms with van der Waals surface area (Å²) < 4.78 is 0. The van der Waals surface area contributed by atoms with Crippen molar-refractivity contribution in [3.05, 3.63) is 0 Å². The third kappa shape index (κ3) is 3.49. The zero-order chi connectivity index (χ0) is 10.7. The molecule has 3 N–H and O–H groups in total. The Morgan fingerprint density at radius 3 is 2.47 bits per heavy atom. The fourth-order valence-electron chi connectivity index (χ4n) is 2.42. The second-order valence-electron chi connectivity index (χ2n) is 5.13. The summed E-state index contributed by atoms with van der Waals surface area (Å²) in [6, 6.07) is 0.170. The van der Waals surface area contributed by atoms with Crippen molar-refractivity contribution in [3.8, 4) is 0 Å². The average molecular weight is 210 g/mol. The van der Waals surface area contributed by atoms with E-state index in [0.717, 1.165) is 19.3 Å². The molecular weight excluding hydrogens is 188 g/mol. The van der Waals surface area contributed by atoms with Gasteiger partial charge in [-0.2, -0.15) is 0 Å². The van der Waals surface area contributed by atoms with Gasteiger partial charge in [0.1, 0.15) is 0 Å². The quantitative estimate of drug-likeness (QED) is 0.740. The summed E-state index contributed by atoms with van der Waals surface area (Å²) in [6.45, 7) is 0. The van der Waals surface area contributed by atoms with Crippen molar-refractivity contribution in [2.75, 3.05) is 0 Å². The van der Waals surface area contributed by atoms with Gasteiger partial charge in [-0.05, 0) is 25.2 Å². The summed E-state index contributed by atoms with van der Waals surface area (Å²) in [7, 11) is 0. The van der Waals surface area contributed by atoms with E-state index >= 15 is 0 Å². The standard InChI is InChI=1S/C12H22N2O/c13-11(12(15)14-10-6-7-10)8-9-4-2-1-3-5-9/h9-11H,1-8,13H2,(H,14,15)/t11-/m0/s1. The van der Waals surface area contributed by atoms with Crippen LogP contribution in [0.15, 0.2) is 0 Å². The van der Waals surface area contributed by atoms with Crippen molar-refractivity contribution in [1.82, 2.24) is 5.32 Å². The molecule has 2 fully saturated rings. The molecule has 3 heteroatoms. The first kappa shape index (κ1) is 10.9. The van der Waals surface area contributed by atoms with Crippen LogP contribution in [0.3, 0.4) is 0 Å². The number of carbonyl (C=O) groups is 1. The molecule has 0 radical (unpaired) electrons. The zero-order valence-corrected chi connectivity index (χ0v) is 9.37. The van der Waals surface area contributed by atoms with E-state index in [1.807, 2.05) is 0 Å². The van der Waals surface area contributed by atoms with Crippen molar-refractivity contribution in [1.29, 1.82) is 0 Å². The van der Waals surface area contributed by atoms with Crippen LogP contribution in [0, 0.1) is 5.92 Å². The van der Waals surface area contributed by atoms with Gasteiger partial charge in [0.05, 0.1) is 6.04 Å². The van der Waals surface area contributed by atoms with E-state index in [0.29, 0.717) is 12.0 Å². The lowest BCUT2D eigenvalue weighted by atomic mass is 9.85. The lowest BCUT2D eigenvalue weighted by Gasteiger charge is -2.24. The maximum Gasteiger partial charge on any atom is 0.237 e. The van der Waals surface area contributed by atoms with Crippen LogP contribution >= 0.6 is 0 Å². The third-order valence-electron chi connectivity index (χ3n) is 3.57. The van der Waals surface area contributed by atoms with Crippen molar-refractivity contribution in [2.45, 2.75) is 63.5 Å². The molecule has 0 heterocycles. The Labute approximate surface area is 91.8 Å². The van der Waals surface area contributed by atoms with Crippen LogP contribution in [0.4, 0.5) is 0 Å². The van der Waals surface area contributed by atoms with Crippen LogP contribution in [0.25, 0.3) is 0 Å². The van der Waals surface area contributed by atoms with Crippen LogP contribution in [0.2, 0.25) is 0 Å². The number of hydrogen-bond donors (Lipinski definition) is 2. The fourth-order valence-corrected chi connectivity index (χ4v) is 2.42. The number of nitrogens with two attached hydrogens (primary N) is 1. The number of amides is 1. The van der Waals surface area contributed by atoms with Gasteiger partial charge in [-0.25, -0.2) is 0 Å². The summed E-state index contributed by atoms with van der Waals surface area (Å²) in [4.78, 5) is 11.6. The Balaban J connectivity index is 1.69. The first-order valence-corrected chi connectivity index (χ1v) is 6.31. The van der Waals surface area contributed by atoms with Gasteiger partial charge in [0, 0.05) is 6.04 Å². The third-order valence-corrected chi connectivity index (χ3v) is 3.57. The smallest absolute Gasteiger partial charge is 0.237 e. The molecule has 0 aromatic rings. The molecule has 2 rings (SSSR count). The van der Waals surface area contributed by atoms with Crippen molar-refractivity contribution in [2.24, 2.45) is 11.7 Å². The Hall–Kier alpha value is -0.570. The molecule has 2 saturated carbocycles. The molecule has 0 aromatic heterocycles. The summed E-state index contributed by atoms with van der Waals surface area (Å²) in [5.41, 5.74) is 5.91. The Bertz CT molecular complexity index is 220. The van der Waals surface area contributed by atoms with E-state index in [1.54, 1.807) is 0 Å². The van der Waals surface area contributed by atoms with Crippen molar-refractivity contribution >= 4 is 5.91 Å². The van der Waals surface area contributed by atoms with E-state index in [4.69, 9.17) is 5.73 Å². The molecule has 0 unspecified atom stereocenters. The van der Waals surface area contributed by atoms with E-state index < -0.39 is 0 Å². The molecule has 1 atom stereocenters. The normalized spacial score (nSPS) is 24.9. The fraction of sp³-hybridized carbons (Fsp3) is 0.917. The van der Waals surface area contributed by atoms with Gasteiger partial charge in [0.25, 0.3) is 0 Å². The van der Waals surface area contributed by atoms with Gasteiger partial charge in [-0.15, -0.1) is 0 Å². The van der Waals surface area contributed by atoms with Crippen molar-refractivity contribution < 1.29 is 4.79 Å². The number of nitrogens with one attached hydrogen (secondary N) is 1. The zero-order valence-electron chi connectivity index (χ0n) is 9.37. The van der Waals surface area contributed by atoms with E-state index in [9.17, 15) is 4.79 Å². The Kier molecular flexibility index (Phi) is 3.62. The molecule has 15 heavy (non-hydrogen) atoms. The number of hydrogen-bond acceptors (Lipinski definition) is 2. The highest BCUT2D eigenvalue weighted by Gasteiger charge is 2.27. The topological polar surface area (TPSA) is 55.1 Å². The van der Waals surface area contributed by atoms with Gasteiger partial charge >= 0.3 is 0 Å². The highest BCUT2D eigenvalue weighted by Crippen LogP contribution is 2.27. The van der Waals surface area contributed by atoms with Crippen LogP contribution in [0.1, 0.15) is 51.4 Å². The molecular formula is C12H22N2O. The second-order valence-corrected chi connectivity index (χ2v) is 5.13. The molecule has 0 aromatic carbocycles. The minimum atomic E-state index is -0.270. The number of rotatable bonds is 4. The maximum atomic E-state index is 11.6. The van der Waals surface area contributed by atoms with Gasteiger partial charge in [0.2, 0.25) is 5.91 Å². The molecule has 0 bridgehead atoms. The molecule has 1 amide bonds. The van der Waals surface area contributed by atoms with E-state index in [-0.39, 0.29) is 11.9 Å². The van der Waals surface area contributed by atoms with Crippen LogP contribution in [-0.4, -0.2) is 18.0 Å². The second kappa shape index (κ2) is 4.97. The summed E-state index contributed by atoms with van der Waals surface area (Å²) in [5.74, 6) is 0.766. The largest absolute Gasteiger partial charge is 0.352 e. The lowest BCUT2D eigenvalue weighted by molar-refractivity contribution is -0.122. The Morgan fingerprint density at radius 1 is 1.20 bits per heavy atom. The monoisotopic (exact) mass is 210 g/mol. The minimum absolute atomic E-state index is 0.0723. The van der Waals surface area contributed by atoms with Crippen LogP contribution in [0.5, 0.6) is 0 Å². The summed E-state index contributed by atoms with van der Waals surface area (Å²) in [5, 5.41) is 2.98. The van der Waals surface area contributed by atoms with Gasteiger partial charge in [0.15, 0.2) is 0 Å². The predicted molar refractivity (Wildman–Crippen MR) is 60.3 cm³/mol. The minimum Gasteiger partial charge on any atom is -0.352 e. The van der Waals surface area contributed by atoms with E-state index in [1.165, 1.54) is 32.1 Å². The predicted octanol–water partition coefficient (Wildman–Crippen LogP) is 1.56. The maximum absolute atomic E-state index is 11.6. The summed E-state index contributed by atoms with van der Waals surface area (Å²) in [6.07, 6.45) is 9.71. The lowest BCUT2D eigenvalue weighted by Crippen LogP contribution is -2.42. The molecule has 0 saturated heterocycles. The first-order chi connectivity index (χ1) is 7.25. The van der Waals surface area contributed by atoms with Gasteiger partial charge < -0.3 is 11.1 Å². The number of carbonyl (C=O) groups excluding carboxylic acids is 1. The first-order valence-electron chi connectivity index (χ1n) is 6.31. The van der Waals surface area contributed by atoms with Gasteiger partial charge in [-0.3, -0.25) is 4.79 Å². The molecule has 2 aliphatic rings. The highest BCUT2D eigenvalue weighted by atomic mass is 16.2. The van der Waals surface area contributed by atoms with Crippen molar-refractivity contribution in [3.63, 3.8) is 0 Å². The van der Waals surface area contributed by atoms with Crippen LogP contribution < -0.4 is 11.1 Å². The SMILES string of the molecule is N[C@@H](CC1CCCCC1)C(=O)NC1CC1. The molecule has 0 aliphatic heterocycles. The van der Waals surface area contributed by atoms with E-state index in [2.05, 4.69) is 5.32 Å². The van der Waals surface area contributed by atoms with Gasteiger partial charge in [-0.1, -0.05) is 32.1 Å². The average Bonchev–Trinajstić information content (AvgIpc) is 3.03. The molecule has 0 spiro atoms. The molecule has 2 aliphatic carbocycles. The molecule has 86 valence electrons. The highest BCUT2D eigenvalue weighted by molar-refractivity contribution is 5.82. The Morgan fingerprint density at radius 2 is 1.87 bits per heavy atom. The van der Waals surface area contributed by atoms with Crippen LogP contribution in [-0.2, 0) is 4.79 Å². The molecule has 3 nitrogen and oxygen atoms in total.